The van der Waals surface area contributed by atoms with Gasteiger partial charge in [0, 0.05) is 32.0 Å². The number of anilines is 1. The maximum Gasteiger partial charge on any atom is 0.274 e. The van der Waals surface area contributed by atoms with Crippen LogP contribution in [0.5, 0.6) is 0 Å². The smallest absolute Gasteiger partial charge is 0.274 e. The van der Waals surface area contributed by atoms with E-state index in [0.29, 0.717) is 24.0 Å². The molecule has 6 heteroatoms. The van der Waals surface area contributed by atoms with Crippen molar-refractivity contribution in [2.24, 2.45) is 5.92 Å². The first-order valence-corrected chi connectivity index (χ1v) is 7.96. The van der Waals surface area contributed by atoms with Gasteiger partial charge in [0.15, 0.2) is 0 Å². The van der Waals surface area contributed by atoms with E-state index in [1.807, 2.05) is 17.0 Å². The van der Waals surface area contributed by atoms with Crippen LogP contribution >= 0.6 is 0 Å². The number of nitrogens with zero attached hydrogens (tertiary/aromatic N) is 4. The van der Waals surface area contributed by atoms with Crippen molar-refractivity contribution in [3.05, 3.63) is 48.2 Å². The number of amides is 1. The first-order chi connectivity index (χ1) is 11.2. The van der Waals surface area contributed by atoms with Crippen LogP contribution < -0.4 is 5.32 Å². The van der Waals surface area contributed by atoms with Gasteiger partial charge in [-0.25, -0.2) is 9.97 Å². The Bertz CT molecular complexity index is 636. The molecule has 0 unspecified atom stereocenters. The van der Waals surface area contributed by atoms with E-state index in [0.717, 1.165) is 31.5 Å². The molecule has 0 bridgehead atoms. The second-order valence-electron chi connectivity index (χ2n) is 5.98. The third-order valence-electron chi connectivity index (χ3n) is 4.14. The third kappa shape index (κ3) is 4.03. The highest BCUT2D eigenvalue weighted by atomic mass is 16.2. The average molecular weight is 311 g/mol. The fraction of sp³-hybridized carbons (Fsp3) is 0.412. The summed E-state index contributed by atoms with van der Waals surface area (Å²) in [4.78, 5) is 26.9. The summed E-state index contributed by atoms with van der Waals surface area (Å²) in [6, 6.07) is 3.88. The minimum absolute atomic E-state index is 0.0248. The Morgan fingerprint density at radius 3 is 2.74 bits per heavy atom. The summed E-state index contributed by atoms with van der Waals surface area (Å²) < 4.78 is 0. The first kappa shape index (κ1) is 15.4. The molecular weight excluding hydrogens is 290 g/mol. The lowest BCUT2D eigenvalue weighted by Crippen LogP contribution is -2.38. The number of aromatic nitrogens is 3. The Morgan fingerprint density at radius 1 is 1.26 bits per heavy atom. The third-order valence-corrected chi connectivity index (χ3v) is 4.14. The quantitative estimate of drug-likeness (QED) is 0.938. The summed E-state index contributed by atoms with van der Waals surface area (Å²) in [5.41, 5.74) is 1.48. The molecule has 0 radical (unpaired) electrons. The highest BCUT2D eigenvalue weighted by Gasteiger charge is 2.22. The van der Waals surface area contributed by atoms with Gasteiger partial charge in [0.05, 0.1) is 12.4 Å². The number of nitrogens with one attached hydrogen (secondary N) is 1. The molecule has 0 aromatic carbocycles. The molecule has 1 saturated heterocycles. The summed E-state index contributed by atoms with van der Waals surface area (Å²) >= 11 is 0. The molecule has 1 aliphatic rings. The summed E-state index contributed by atoms with van der Waals surface area (Å²) in [5, 5.41) is 3.17. The summed E-state index contributed by atoms with van der Waals surface area (Å²) in [7, 11) is 0. The van der Waals surface area contributed by atoms with E-state index in [1.165, 1.54) is 0 Å². The predicted molar refractivity (Wildman–Crippen MR) is 87.9 cm³/mol. The van der Waals surface area contributed by atoms with E-state index >= 15 is 0 Å². The van der Waals surface area contributed by atoms with E-state index < -0.39 is 0 Å². The van der Waals surface area contributed by atoms with Crippen LogP contribution in [0.25, 0.3) is 0 Å². The molecule has 0 atom stereocenters. The van der Waals surface area contributed by atoms with Crippen LogP contribution in [0.3, 0.4) is 0 Å². The maximum absolute atomic E-state index is 12.4. The predicted octanol–water partition coefficient (Wildman–Crippen LogP) is 2.36. The van der Waals surface area contributed by atoms with Crippen molar-refractivity contribution < 1.29 is 4.79 Å². The van der Waals surface area contributed by atoms with Crippen molar-refractivity contribution in [1.29, 1.82) is 0 Å². The summed E-state index contributed by atoms with van der Waals surface area (Å²) in [6.45, 7) is 4.47. The summed E-state index contributed by atoms with van der Waals surface area (Å²) in [5.74, 6) is 1.32. The Kier molecular flexibility index (Phi) is 4.80. The minimum Gasteiger partial charge on any atom is -0.365 e. The van der Waals surface area contributed by atoms with E-state index in [1.54, 1.807) is 24.8 Å². The zero-order valence-electron chi connectivity index (χ0n) is 13.3. The van der Waals surface area contributed by atoms with Crippen LogP contribution in [0.4, 0.5) is 5.82 Å². The minimum atomic E-state index is -0.0248. The maximum atomic E-state index is 12.4. The van der Waals surface area contributed by atoms with Crippen molar-refractivity contribution in [2.45, 2.75) is 26.3 Å². The number of pyridine rings is 1. The van der Waals surface area contributed by atoms with Gasteiger partial charge < -0.3 is 10.2 Å². The fourth-order valence-corrected chi connectivity index (χ4v) is 2.60. The van der Waals surface area contributed by atoms with E-state index in [9.17, 15) is 4.79 Å². The molecule has 3 rings (SSSR count). The second kappa shape index (κ2) is 7.17. The lowest BCUT2D eigenvalue weighted by atomic mass is 9.99. The van der Waals surface area contributed by atoms with Crippen molar-refractivity contribution >= 4 is 11.7 Å². The number of piperidine rings is 1. The Hall–Kier alpha value is -2.50. The lowest BCUT2D eigenvalue weighted by Gasteiger charge is -2.29. The molecule has 3 heterocycles. The molecule has 1 aliphatic heterocycles. The topological polar surface area (TPSA) is 71.0 Å². The molecule has 1 N–H and O–H groups in total. The molecule has 0 aliphatic carbocycles. The molecule has 0 saturated carbocycles. The highest BCUT2D eigenvalue weighted by Crippen LogP contribution is 2.17. The van der Waals surface area contributed by atoms with Crippen LogP contribution in [0.15, 0.2) is 36.9 Å². The number of rotatable bonds is 4. The Balaban J connectivity index is 1.57. The average Bonchev–Trinajstić information content (AvgIpc) is 2.61. The van der Waals surface area contributed by atoms with Crippen molar-refractivity contribution in [3.8, 4) is 0 Å². The van der Waals surface area contributed by atoms with Gasteiger partial charge in [-0.05, 0) is 30.4 Å². The van der Waals surface area contributed by atoms with Gasteiger partial charge in [-0.2, -0.15) is 0 Å². The Morgan fingerprint density at radius 2 is 2.09 bits per heavy atom. The van der Waals surface area contributed by atoms with E-state index in [4.69, 9.17) is 0 Å². The lowest BCUT2D eigenvalue weighted by molar-refractivity contribution is 0.0691. The fourth-order valence-electron chi connectivity index (χ4n) is 2.60. The van der Waals surface area contributed by atoms with Crippen LogP contribution in [-0.2, 0) is 6.54 Å². The molecule has 6 nitrogen and oxygen atoms in total. The number of carbonyl (C=O) groups is 1. The van der Waals surface area contributed by atoms with Crippen LogP contribution in [0.1, 0.15) is 35.8 Å². The van der Waals surface area contributed by atoms with Gasteiger partial charge in [-0.1, -0.05) is 13.0 Å². The van der Waals surface area contributed by atoms with Crippen LogP contribution in [-0.4, -0.2) is 38.8 Å². The molecule has 23 heavy (non-hydrogen) atoms. The van der Waals surface area contributed by atoms with Gasteiger partial charge >= 0.3 is 0 Å². The van der Waals surface area contributed by atoms with Gasteiger partial charge in [0.1, 0.15) is 11.5 Å². The van der Waals surface area contributed by atoms with E-state index in [-0.39, 0.29) is 5.91 Å². The SMILES string of the molecule is CC1CCN(C(=O)c2cnc(NCc3cccnc3)cn2)CC1. The normalized spacial score (nSPS) is 15.4. The van der Waals surface area contributed by atoms with Crippen LogP contribution in [0.2, 0.25) is 0 Å². The van der Waals surface area contributed by atoms with Gasteiger partial charge in [0.2, 0.25) is 0 Å². The molecule has 120 valence electrons. The second-order valence-corrected chi connectivity index (χ2v) is 5.98. The number of carbonyl (C=O) groups excluding carboxylic acids is 1. The standard InChI is InChI=1S/C17H21N5O/c1-13-4-7-22(8-5-13)17(23)15-11-21-16(12-19-15)20-10-14-3-2-6-18-9-14/h2-3,6,9,11-13H,4-5,7-8,10H2,1H3,(H,20,21). The summed E-state index contributed by atoms with van der Waals surface area (Å²) in [6.07, 6.45) is 8.82. The number of hydrogen-bond donors (Lipinski definition) is 1. The molecule has 0 spiro atoms. The zero-order chi connectivity index (χ0) is 16.1. The zero-order valence-corrected chi connectivity index (χ0v) is 13.3. The van der Waals surface area contributed by atoms with E-state index in [2.05, 4.69) is 27.2 Å². The van der Waals surface area contributed by atoms with Crippen molar-refractivity contribution in [1.82, 2.24) is 19.9 Å². The number of likely N-dealkylation sites (tertiary alicyclic amines) is 1. The molecular formula is C17H21N5O. The van der Waals surface area contributed by atoms with Crippen molar-refractivity contribution in [3.63, 3.8) is 0 Å². The van der Waals surface area contributed by atoms with Gasteiger partial charge in [-0.15, -0.1) is 0 Å². The monoisotopic (exact) mass is 311 g/mol. The largest absolute Gasteiger partial charge is 0.365 e. The molecule has 2 aromatic rings. The molecule has 1 fully saturated rings. The number of hydrogen-bond acceptors (Lipinski definition) is 5. The first-order valence-electron chi connectivity index (χ1n) is 7.96. The van der Waals surface area contributed by atoms with Gasteiger partial charge in [0.25, 0.3) is 5.91 Å². The van der Waals surface area contributed by atoms with Crippen LogP contribution in [0, 0.1) is 5.92 Å². The highest BCUT2D eigenvalue weighted by molar-refractivity contribution is 5.92. The Labute approximate surface area is 136 Å². The van der Waals surface area contributed by atoms with Crippen molar-refractivity contribution in [2.75, 3.05) is 18.4 Å². The molecule has 2 aromatic heterocycles. The molecule has 1 amide bonds. The van der Waals surface area contributed by atoms with Gasteiger partial charge in [-0.3, -0.25) is 9.78 Å².